The minimum Gasteiger partial charge on any atom is -0.487 e. The molecule has 0 radical (unpaired) electrons. The van der Waals surface area contributed by atoms with Crippen LogP contribution in [0.2, 0.25) is 5.02 Å². The van der Waals surface area contributed by atoms with E-state index in [0.29, 0.717) is 17.3 Å². The molecule has 2 aromatic rings. The van der Waals surface area contributed by atoms with E-state index in [0.717, 1.165) is 43.3 Å². The van der Waals surface area contributed by atoms with E-state index in [1.807, 2.05) is 42.5 Å². The maximum absolute atomic E-state index is 6.01. The Morgan fingerprint density at radius 3 is 2.73 bits per heavy atom. The maximum atomic E-state index is 6.01. The Balaban J connectivity index is 1.78. The third kappa shape index (κ3) is 3.64. The van der Waals surface area contributed by atoms with Gasteiger partial charge in [-0.2, -0.15) is 0 Å². The highest BCUT2D eigenvalue weighted by Crippen LogP contribution is 2.32. The largest absolute Gasteiger partial charge is 0.487 e. The Morgan fingerprint density at radius 1 is 1.14 bits per heavy atom. The second-order valence-corrected chi connectivity index (χ2v) is 5.68. The van der Waals surface area contributed by atoms with E-state index in [4.69, 9.17) is 26.8 Å². The zero-order chi connectivity index (χ0) is 15.4. The Morgan fingerprint density at radius 2 is 1.95 bits per heavy atom. The monoisotopic (exact) mass is 318 g/mol. The summed E-state index contributed by atoms with van der Waals surface area (Å²) in [5.74, 6) is 0.793. The quantitative estimate of drug-likeness (QED) is 0.878. The zero-order valence-electron chi connectivity index (χ0n) is 12.3. The van der Waals surface area contributed by atoms with Crippen LogP contribution in [0.25, 0.3) is 0 Å². The van der Waals surface area contributed by atoms with Crippen LogP contribution >= 0.6 is 11.6 Å². The van der Waals surface area contributed by atoms with E-state index in [-0.39, 0.29) is 0 Å². The second kappa shape index (κ2) is 6.90. The molecule has 0 atom stereocenters. The van der Waals surface area contributed by atoms with Crippen LogP contribution < -0.4 is 15.4 Å². The predicted molar refractivity (Wildman–Crippen MR) is 89.7 cm³/mol. The Kier molecular flexibility index (Phi) is 4.71. The number of nitrogens with two attached hydrogens (primary N) is 1. The van der Waals surface area contributed by atoms with Gasteiger partial charge in [-0.25, -0.2) is 0 Å². The molecule has 0 unspecified atom stereocenters. The number of nitrogen functional groups attached to an aromatic ring is 1. The van der Waals surface area contributed by atoms with Crippen LogP contribution in [0.4, 0.5) is 11.4 Å². The molecule has 1 saturated heterocycles. The van der Waals surface area contributed by atoms with Crippen LogP contribution in [0.3, 0.4) is 0 Å². The SMILES string of the molecule is Nc1ccc(N2CCOCC2)c(OCc2cccc(Cl)c2)c1. The summed E-state index contributed by atoms with van der Waals surface area (Å²) in [7, 11) is 0. The maximum Gasteiger partial charge on any atom is 0.145 e. The van der Waals surface area contributed by atoms with Crippen molar-refractivity contribution in [3.05, 3.63) is 53.1 Å². The van der Waals surface area contributed by atoms with Crippen LogP contribution in [0.15, 0.2) is 42.5 Å². The van der Waals surface area contributed by atoms with Gasteiger partial charge in [-0.3, -0.25) is 0 Å². The number of halogens is 1. The molecule has 0 aliphatic carbocycles. The van der Waals surface area contributed by atoms with Crippen molar-refractivity contribution in [3.8, 4) is 5.75 Å². The fraction of sp³-hybridized carbons (Fsp3) is 0.294. The van der Waals surface area contributed by atoms with Crippen molar-refractivity contribution < 1.29 is 9.47 Å². The first kappa shape index (κ1) is 15.0. The minimum absolute atomic E-state index is 0.460. The first-order valence-electron chi connectivity index (χ1n) is 7.32. The van der Waals surface area contributed by atoms with Gasteiger partial charge in [0.25, 0.3) is 0 Å². The third-order valence-corrected chi connectivity index (χ3v) is 3.85. The molecule has 2 aromatic carbocycles. The van der Waals surface area contributed by atoms with Gasteiger partial charge < -0.3 is 20.1 Å². The Bertz CT molecular complexity index is 642. The molecule has 2 N–H and O–H groups in total. The highest BCUT2D eigenvalue weighted by atomic mass is 35.5. The van der Waals surface area contributed by atoms with Gasteiger partial charge in [-0.15, -0.1) is 0 Å². The van der Waals surface area contributed by atoms with Crippen molar-refractivity contribution in [2.45, 2.75) is 6.61 Å². The summed E-state index contributed by atoms with van der Waals surface area (Å²) in [6.45, 7) is 3.65. The Labute approximate surface area is 135 Å². The topological polar surface area (TPSA) is 47.7 Å². The fourth-order valence-electron chi connectivity index (χ4n) is 2.50. The lowest BCUT2D eigenvalue weighted by atomic mass is 10.2. The molecule has 3 rings (SSSR count). The highest BCUT2D eigenvalue weighted by molar-refractivity contribution is 6.30. The second-order valence-electron chi connectivity index (χ2n) is 5.25. The number of ether oxygens (including phenoxy) is 2. The minimum atomic E-state index is 0.460. The molecule has 4 nitrogen and oxygen atoms in total. The summed E-state index contributed by atoms with van der Waals surface area (Å²) < 4.78 is 11.4. The number of nitrogens with zero attached hydrogens (tertiary/aromatic N) is 1. The van der Waals surface area contributed by atoms with E-state index in [9.17, 15) is 0 Å². The van der Waals surface area contributed by atoms with Gasteiger partial charge in [0.05, 0.1) is 18.9 Å². The van der Waals surface area contributed by atoms with E-state index < -0.39 is 0 Å². The molecule has 1 heterocycles. The lowest BCUT2D eigenvalue weighted by Crippen LogP contribution is -2.36. The average Bonchev–Trinajstić information content (AvgIpc) is 2.54. The van der Waals surface area contributed by atoms with Gasteiger partial charge >= 0.3 is 0 Å². The molecule has 1 fully saturated rings. The first-order valence-corrected chi connectivity index (χ1v) is 7.69. The molecule has 0 aromatic heterocycles. The summed E-state index contributed by atoms with van der Waals surface area (Å²) in [6, 6.07) is 13.4. The van der Waals surface area contributed by atoms with Gasteiger partial charge in [0, 0.05) is 29.9 Å². The molecule has 1 aliphatic rings. The molecular weight excluding hydrogens is 300 g/mol. The summed E-state index contributed by atoms with van der Waals surface area (Å²) >= 11 is 6.01. The summed E-state index contributed by atoms with van der Waals surface area (Å²) in [4.78, 5) is 2.26. The number of morpholine rings is 1. The number of hydrogen-bond donors (Lipinski definition) is 1. The number of anilines is 2. The summed E-state index contributed by atoms with van der Waals surface area (Å²) in [5.41, 5.74) is 8.68. The van der Waals surface area contributed by atoms with Crippen molar-refractivity contribution in [2.24, 2.45) is 0 Å². The van der Waals surface area contributed by atoms with Crippen molar-refractivity contribution in [2.75, 3.05) is 36.9 Å². The van der Waals surface area contributed by atoms with E-state index in [1.165, 1.54) is 0 Å². The predicted octanol–water partition coefficient (Wildman–Crippen LogP) is 3.34. The summed E-state index contributed by atoms with van der Waals surface area (Å²) in [5, 5.41) is 0.710. The molecule has 116 valence electrons. The molecule has 1 aliphatic heterocycles. The van der Waals surface area contributed by atoms with Gasteiger partial charge in [-0.05, 0) is 29.8 Å². The van der Waals surface area contributed by atoms with Crippen LogP contribution in [-0.4, -0.2) is 26.3 Å². The lowest BCUT2D eigenvalue weighted by Gasteiger charge is -2.30. The van der Waals surface area contributed by atoms with E-state index in [2.05, 4.69) is 4.90 Å². The smallest absolute Gasteiger partial charge is 0.145 e. The van der Waals surface area contributed by atoms with Crippen molar-refractivity contribution in [1.29, 1.82) is 0 Å². The van der Waals surface area contributed by atoms with Crippen LogP contribution in [-0.2, 0) is 11.3 Å². The number of hydrogen-bond acceptors (Lipinski definition) is 4. The average molecular weight is 319 g/mol. The van der Waals surface area contributed by atoms with Gasteiger partial charge in [0.1, 0.15) is 12.4 Å². The Hall–Kier alpha value is -1.91. The fourth-order valence-corrected chi connectivity index (χ4v) is 2.71. The molecule has 0 spiro atoms. The van der Waals surface area contributed by atoms with Crippen LogP contribution in [0.1, 0.15) is 5.56 Å². The lowest BCUT2D eigenvalue weighted by molar-refractivity contribution is 0.122. The normalized spacial score (nSPS) is 14.9. The van der Waals surface area contributed by atoms with Crippen LogP contribution in [0, 0.1) is 0 Å². The summed E-state index contributed by atoms with van der Waals surface area (Å²) in [6.07, 6.45) is 0. The van der Waals surface area contributed by atoms with Crippen molar-refractivity contribution in [1.82, 2.24) is 0 Å². The molecule has 0 amide bonds. The molecule has 0 saturated carbocycles. The third-order valence-electron chi connectivity index (χ3n) is 3.62. The zero-order valence-corrected chi connectivity index (χ0v) is 13.1. The van der Waals surface area contributed by atoms with Gasteiger partial charge in [0.2, 0.25) is 0 Å². The van der Waals surface area contributed by atoms with Gasteiger partial charge in [0.15, 0.2) is 0 Å². The van der Waals surface area contributed by atoms with Crippen molar-refractivity contribution in [3.63, 3.8) is 0 Å². The molecule has 5 heteroatoms. The standard InChI is InChI=1S/C17H19ClN2O2/c18-14-3-1-2-13(10-14)12-22-17-11-15(19)4-5-16(17)20-6-8-21-9-7-20/h1-5,10-11H,6-9,12,19H2. The first-order chi connectivity index (χ1) is 10.7. The molecule has 22 heavy (non-hydrogen) atoms. The van der Waals surface area contributed by atoms with Gasteiger partial charge in [-0.1, -0.05) is 23.7 Å². The number of rotatable bonds is 4. The molecular formula is C17H19ClN2O2. The van der Waals surface area contributed by atoms with E-state index >= 15 is 0 Å². The van der Waals surface area contributed by atoms with Crippen molar-refractivity contribution >= 4 is 23.0 Å². The molecule has 0 bridgehead atoms. The highest BCUT2D eigenvalue weighted by Gasteiger charge is 2.16. The van der Waals surface area contributed by atoms with E-state index in [1.54, 1.807) is 0 Å². The number of benzene rings is 2. The van der Waals surface area contributed by atoms with Crippen LogP contribution in [0.5, 0.6) is 5.75 Å².